The minimum absolute atomic E-state index is 0.151. The minimum atomic E-state index is 0.151. The van der Waals surface area contributed by atoms with Gasteiger partial charge in [0.15, 0.2) is 0 Å². The third-order valence-corrected chi connectivity index (χ3v) is 4.98. The van der Waals surface area contributed by atoms with Crippen LogP contribution in [-0.2, 0) is 14.2 Å². The Kier molecular flexibility index (Phi) is 9.31. The molecule has 0 spiro atoms. The van der Waals surface area contributed by atoms with E-state index in [1.165, 1.54) is 5.56 Å². The molecule has 2 N–H and O–H groups in total. The molecule has 3 atom stereocenters. The molecule has 2 aliphatic heterocycles. The molecule has 0 bridgehead atoms. The summed E-state index contributed by atoms with van der Waals surface area (Å²) in [6, 6.07) is 10.5. The van der Waals surface area contributed by atoms with Crippen molar-refractivity contribution >= 4 is 0 Å². The number of ether oxygens (including phenoxy) is 3. The summed E-state index contributed by atoms with van der Waals surface area (Å²) in [5.74, 6) is 0. The fourth-order valence-corrected chi connectivity index (χ4v) is 3.37. The largest absolute Gasteiger partial charge is 0.379 e. The van der Waals surface area contributed by atoms with Crippen molar-refractivity contribution in [1.82, 2.24) is 10.6 Å². The molecule has 0 aromatic heterocycles. The van der Waals surface area contributed by atoms with E-state index in [0.717, 1.165) is 65.1 Å². The first-order chi connectivity index (χ1) is 13.4. The predicted octanol–water partition coefficient (Wildman–Crippen LogP) is 2.84. The van der Waals surface area contributed by atoms with E-state index < -0.39 is 0 Å². The summed E-state index contributed by atoms with van der Waals surface area (Å²) < 4.78 is 17.8. The van der Waals surface area contributed by atoms with Gasteiger partial charge in [-0.15, -0.1) is 0 Å². The van der Waals surface area contributed by atoms with Crippen LogP contribution in [0.4, 0.5) is 0 Å². The molecular formula is C22H34N2O3. The second-order valence-corrected chi connectivity index (χ2v) is 7.22. The van der Waals surface area contributed by atoms with Gasteiger partial charge in [-0.2, -0.15) is 0 Å². The van der Waals surface area contributed by atoms with Crippen LogP contribution in [0.15, 0.2) is 42.5 Å². The zero-order valence-corrected chi connectivity index (χ0v) is 16.3. The molecule has 2 aliphatic rings. The highest BCUT2D eigenvalue weighted by molar-refractivity contribution is 5.22. The lowest BCUT2D eigenvalue weighted by molar-refractivity contribution is -0.0208. The zero-order valence-electron chi connectivity index (χ0n) is 16.3. The molecule has 2 heterocycles. The van der Waals surface area contributed by atoms with Crippen molar-refractivity contribution < 1.29 is 14.2 Å². The summed E-state index contributed by atoms with van der Waals surface area (Å²) in [4.78, 5) is 0. The van der Waals surface area contributed by atoms with Crippen LogP contribution in [-0.4, -0.2) is 58.2 Å². The Morgan fingerprint density at radius 2 is 1.81 bits per heavy atom. The molecule has 0 radical (unpaired) electrons. The van der Waals surface area contributed by atoms with Crippen molar-refractivity contribution in [3.8, 4) is 0 Å². The van der Waals surface area contributed by atoms with Crippen molar-refractivity contribution in [1.29, 1.82) is 0 Å². The van der Waals surface area contributed by atoms with E-state index in [0.29, 0.717) is 12.7 Å². The Bertz CT molecular complexity index is 538. The van der Waals surface area contributed by atoms with Crippen molar-refractivity contribution in [2.75, 3.05) is 46.0 Å². The Morgan fingerprint density at radius 1 is 0.926 bits per heavy atom. The average Bonchev–Trinajstić information content (AvgIpc) is 3.47. The van der Waals surface area contributed by atoms with E-state index in [9.17, 15) is 0 Å². The summed E-state index contributed by atoms with van der Waals surface area (Å²) in [7, 11) is 0. The van der Waals surface area contributed by atoms with Crippen LogP contribution in [0.2, 0.25) is 0 Å². The molecule has 0 amide bonds. The van der Waals surface area contributed by atoms with Gasteiger partial charge in [0.05, 0.1) is 25.4 Å². The van der Waals surface area contributed by atoms with Gasteiger partial charge in [0.25, 0.3) is 0 Å². The highest BCUT2D eigenvalue weighted by atomic mass is 16.6. The minimum Gasteiger partial charge on any atom is -0.379 e. The van der Waals surface area contributed by atoms with Gasteiger partial charge in [-0.05, 0) is 37.8 Å². The summed E-state index contributed by atoms with van der Waals surface area (Å²) in [6.45, 7) is 6.13. The number of benzene rings is 1. The lowest BCUT2D eigenvalue weighted by Crippen LogP contribution is -2.29. The van der Waals surface area contributed by atoms with Gasteiger partial charge >= 0.3 is 0 Å². The average molecular weight is 375 g/mol. The maximum atomic E-state index is 6.09. The van der Waals surface area contributed by atoms with Crippen LogP contribution in [0.5, 0.6) is 0 Å². The first-order valence-electron chi connectivity index (χ1n) is 10.4. The standard InChI is InChI=1S/C22H34N2O3/c1-3-8-19(9-4-1)22-21(27-22)11-10-20-18-25-16-7-13-24-15-14-23-12-5-2-6-17-26-20/h1-5,8-9,20-24H,6-7,10-18H2/t20?,21-,22-/m1/s1. The Balaban J connectivity index is 1.39. The molecule has 0 aliphatic carbocycles. The van der Waals surface area contributed by atoms with Crippen LogP contribution in [0.1, 0.15) is 37.4 Å². The van der Waals surface area contributed by atoms with Gasteiger partial charge in [-0.25, -0.2) is 0 Å². The lowest BCUT2D eigenvalue weighted by atomic mass is 10.1. The Labute approximate surface area is 163 Å². The Hall–Kier alpha value is -1.24. The SMILES string of the molecule is C1=CCNCCNCCCOCC(CC[C@H]2O[C@@H]2c2ccccc2)OCC1. The molecule has 1 saturated heterocycles. The third-order valence-electron chi connectivity index (χ3n) is 4.98. The van der Waals surface area contributed by atoms with Crippen LogP contribution < -0.4 is 10.6 Å². The molecule has 27 heavy (non-hydrogen) atoms. The summed E-state index contributed by atoms with van der Waals surface area (Å²) in [6.07, 6.45) is 9.11. The van der Waals surface area contributed by atoms with E-state index in [4.69, 9.17) is 14.2 Å². The molecule has 1 aromatic carbocycles. The van der Waals surface area contributed by atoms with Gasteiger partial charge in [-0.1, -0.05) is 42.5 Å². The normalized spacial score (nSPS) is 28.7. The van der Waals surface area contributed by atoms with Gasteiger partial charge < -0.3 is 24.8 Å². The quantitative estimate of drug-likeness (QED) is 0.627. The van der Waals surface area contributed by atoms with Gasteiger partial charge in [0.2, 0.25) is 0 Å². The topological polar surface area (TPSA) is 55.0 Å². The number of hydrogen-bond acceptors (Lipinski definition) is 5. The third kappa shape index (κ3) is 8.11. The summed E-state index contributed by atoms with van der Waals surface area (Å²) in [5.41, 5.74) is 1.28. The second-order valence-electron chi connectivity index (χ2n) is 7.22. The first kappa shape index (κ1) is 20.5. The first-order valence-corrected chi connectivity index (χ1v) is 10.4. The number of epoxide rings is 1. The van der Waals surface area contributed by atoms with E-state index in [1.807, 2.05) is 6.07 Å². The molecular weight excluding hydrogens is 340 g/mol. The number of hydrogen-bond donors (Lipinski definition) is 2. The highest BCUT2D eigenvalue weighted by Gasteiger charge is 2.39. The second kappa shape index (κ2) is 12.3. The fraction of sp³-hybridized carbons (Fsp3) is 0.636. The van der Waals surface area contributed by atoms with Crippen LogP contribution in [0.25, 0.3) is 0 Å². The molecule has 1 fully saturated rings. The maximum Gasteiger partial charge on any atom is 0.109 e. The van der Waals surface area contributed by atoms with E-state index in [2.05, 4.69) is 47.1 Å². The van der Waals surface area contributed by atoms with Crippen LogP contribution in [0.3, 0.4) is 0 Å². The monoisotopic (exact) mass is 374 g/mol. The predicted molar refractivity (Wildman–Crippen MR) is 108 cm³/mol. The van der Waals surface area contributed by atoms with E-state index in [-0.39, 0.29) is 12.2 Å². The highest BCUT2D eigenvalue weighted by Crippen LogP contribution is 2.41. The van der Waals surface area contributed by atoms with Crippen molar-refractivity contribution in [2.45, 2.75) is 44.0 Å². The van der Waals surface area contributed by atoms with Gasteiger partial charge in [0, 0.05) is 26.2 Å². The van der Waals surface area contributed by atoms with Crippen molar-refractivity contribution in [3.05, 3.63) is 48.0 Å². The fourth-order valence-electron chi connectivity index (χ4n) is 3.37. The molecule has 5 nitrogen and oxygen atoms in total. The lowest BCUT2D eigenvalue weighted by Gasteiger charge is -2.18. The molecule has 1 aromatic rings. The van der Waals surface area contributed by atoms with Crippen molar-refractivity contribution in [3.63, 3.8) is 0 Å². The number of nitrogens with one attached hydrogen (secondary N) is 2. The van der Waals surface area contributed by atoms with Gasteiger partial charge in [0.1, 0.15) is 6.10 Å². The Morgan fingerprint density at radius 3 is 2.74 bits per heavy atom. The molecule has 1 unspecified atom stereocenters. The summed E-state index contributed by atoms with van der Waals surface area (Å²) in [5, 5.41) is 6.83. The molecule has 0 saturated carbocycles. The zero-order chi connectivity index (χ0) is 18.6. The molecule has 150 valence electrons. The van der Waals surface area contributed by atoms with Crippen LogP contribution in [0, 0.1) is 0 Å². The van der Waals surface area contributed by atoms with Gasteiger partial charge in [-0.3, -0.25) is 0 Å². The summed E-state index contributed by atoms with van der Waals surface area (Å²) >= 11 is 0. The van der Waals surface area contributed by atoms with Crippen molar-refractivity contribution in [2.24, 2.45) is 0 Å². The maximum absolute atomic E-state index is 6.09. The molecule has 3 rings (SSSR count). The van der Waals surface area contributed by atoms with Crippen LogP contribution >= 0.6 is 0 Å². The molecule has 5 heteroatoms. The van der Waals surface area contributed by atoms with E-state index >= 15 is 0 Å². The smallest absolute Gasteiger partial charge is 0.109 e. The van der Waals surface area contributed by atoms with E-state index in [1.54, 1.807) is 0 Å². The number of rotatable bonds is 4.